The molecule has 0 aliphatic carbocycles. The Kier molecular flexibility index (Phi) is 1.13. The molecule has 0 aliphatic heterocycles. The van der Waals surface area contributed by atoms with E-state index < -0.39 is 0 Å². The molecular weight excluding hydrogens is 134 g/mol. The van der Waals surface area contributed by atoms with Crippen LogP contribution in [0.5, 0.6) is 0 Å². The van der Waals surface area contributed by atoms with Gasteiger partial charge >= 0.3 is 0 Å². The molecule has 54 valence electrons. The van der Waals surface area contributed by atoms with E-state index in [4.69, 9.17) is 1.37 Å². The highest BCUT2D eigenvalue weighted by Crippen LogP contribution is 2.08. The van der Waals surface area contributed by atoms with Gasteiger partial charge in [0.25, 0.3) is 0 Å². The number of benzene rings is 1. The van der Waals surface area contributed by atoms with E-state index in [0.29, 0.717) is 6.04 Å². The highest BCUT2D eigenvalue weighted by molar-refractivity contribution is 5.80. The standard InChI is InChI=1S/C10H10N/c1-11-7-6-9-4-2-3-5-10(9)8-11/h2-8H,1H3/q+1/i6D. The van der Waals surface area contributed by atoms with E-state index in [9.17, 15) is 0 Å². The summed E-state index contributed by atoms with van der Waals surface area (Å²) in [5.41, 5.74) is 0. The molecule has 0 saturated carbocycles. The smallest absolute Gasteiger partial charge is 0.176 e. The summed E-state index contributed by atoms with van der Waals surface area (Å²) in [5, 5.41) is 2.13. The van der Waals surface area contributed by atoms with Crippen LogP contribution in [-0.4, -0.2) is 0 Å². The van der Waals surface area contributed by atoms with Gasteiger partial charge in [-0.1, -0.05) is 18.2 Å². The first-order chi connectivity index (χ1) is 5.77. The molecule has 1 nitrogen and oxygen atoms in total. The minimum Gasteiger partial charge on any atom is -0.207 e. The SMILES string of the molecule is [2H]c1c[n+](C)cc2ccccc12. The maximum atomic E-state index is 7.68. The summed E-state index contributed by atoms with van der Waals surface area (Å²) in [6.45, 7) is 0. The molecule has 1 aromatic heterocycles. The Bertz CT molecular complexity index is 423. The lowest BCUT2D eigenvalue weighted by Crippen LogP contribution is -2.25. The van der Waals surface area contributed by atoms with Gasteiger partial charge in [0.05, 0.1) is 1.37 Å². The van der Waals surface area contributed by atoms with Gasteiger partial charge in [0.1, 0.15) is 7.05 Å². The molecule has 0 saturated heterocycles. The molecule has 1 heteroatoms. The van der Waals surface area contributed by atoms with Crippen LogP contribution in [-0.2, 0) is 7.05 Å². The maximum absolute atomic E-state index is 7.68. The molecule has 0 bridgehead atoms. The highest BCUT2D eigenvalue weighted by atomic mass is 14.9. The van der Waals surface area contributed by atoms with Crippen LogP contribution in [0.15, 0.2) is 42.7 Å². The van der Waals surface area contributed by atoms with Crippen molar-refractivity contribution in [2.75, 3.05) is 0 Å². The van der Waals surface area contributed by atoms with Crippen LogP contribution in [0.25, 0.3) is 10.8 Å². The Morgan fingerprint density at radius 3 is 2.82 bits per heavy atom. The summed E-state index contributed by atoms with van der Waals surface area (Å²) >= 11 is 0. The predicted octanol–water partition coefficient (Wildman–Crippen LogP) is 1.66. The Morgan fingerprint density at radius 1 is 1.27 bits per heavy atom. The number of hydrogen-bond acceptors (Lipinski definition) is 0. The number of fused-ring (bicyclic) bond motifs is 1. The second-order valence-corrected chi connectivity index (χ2v) is 2.66. The van der Waals surface area contributed by atoms with Crippen molar-refractivity contribution < 1.29 is 5.94 Å². The molecule has 11 heavy (non-hydrogen) atoms. The Morgan fingerprint density at radius 2 is 2.00 bits per heavy atom. The van der Waals surface area contributed by atoms with E-state index in [1.165, 1.54) is 0 Å². The zero-order valence-electron chi connectivity index (χ0n) is 7.41. The minimum atomic E-state index is 0.579. The zero-order valence-corrected chi connectivity index (χ0v) is 6.41. The first-order valence-electron chi connectivity index (χ1n) is 4.12. The van der Waals surface area contributed by atoms with Crippen LogP contribution in [0.2, 0.25) is 0 Å². The lowest BCUT2D eigenvalue weighted by molar-refractivity contribution is -0.670. The molecule has 0 amide bonds. The van der Waals surface area contributed by atoms with Gasteiger partial charge in [-0.15, -0.1) is 0 Å². The number of hydrogen-bond donors (Lipinski definition) is 0. The van der Waals surface area contributed by atoms with Gasteiger partial charge in [-0.25, -0.2) is 4.57 Å². The molecule has 0 fully saturated rings. The predicted molar refractivity (Wildman–Crippen MR) is 45.1 cm³/mol. The molecular formula is C10H10N+. The van der Waals surface area contributed by atoms with Crippen LogP contribution < -0.4 is 4.57 Å². The fourth-order valence-electron chi connectivity index (χ4n) is 1.17. The van der Waals surface area contributed by atoms with Crippen molar-refractivity contribution in [3.05, 3.63) is 42.7 Å². The fourth-order valence-corrected chi connectivity index (χ4v) is 1.17. The second kappa shape index (κ2) is 2.35. The largest absolute Gasteiger partial charge is 0.207 e. The van der Waals surface area contributed by atoms with Gasteiger partial charge in [0.15, 0.2) is 12.4 Å². The summed E-state index contributed by atoms with van der Waals surface area (Å²) in [6, 6.07) is 8.52. The Labute approximate surface area is 67.3 Å². The van der Waals surface area contributed by atoms with Crippen molar-refractivity contribution in [2.45, 2.75) is 0 Å². The van der Waals surface area contributed by atoms with Gasteiger partial charge in [-0.3, -0.25) is 0 Å². The summed E-state index contributed by atoms with van der Waals surface area (Å²) in [7, 11) is 1.94. The number of aryl methyl sites for hydroxylation is 1. The molecule has 2 rings (SSSR count). The third kappa shape index (κ3) is 1.09. The normalized spacial score (nSPS) is 11.5. The monoisotopic (exact) mass is 145 g/mol. The van der Waals surface area contributed by atoms with Gasteiger partial charge in [0, 0.05) is 11.4 Å². The Balaban J connectivity index is 2.89. The molecule has 0 atom stereocenters. The molecule has 0 spiro atoms. The number of pyridine rings is 1. The van der Waals surface area contributed by atoms with Gasteiger partial charge in [0.2, 0.25) is 0 Å². The van der Waals surface area contributed by atoms with Crippen LogP contribution in [0.4, 0.5) is 0 Å². The van der Waals surface area contributed by atoms with E-state index in [-0.39, 0.29) is 0 Å². The quantitative estimate of drug-likeness (QED) is 0.496. The molecule has 0 radical (unpaired) electrons. The topological polar surface area (TPSA) is 3.88 Å². The summed E-state index contributed by atoms with van der Waals surface area (Å²) in [6.07, 6.45) is 3.83. The Hall–Kier alpha value is -1.37. The van der Waals surface area contributed by atoms with Crippen molar-refractivity contribution in [1.82, 2.24) is 0 Å². The van der Waals surface area contributed by atoms with E-state index in [1.54, 1.807) is 0 Å². The summed E-state index contributed by atoms with van der Waals surface area (Å²) in [4.78, 5) is 0. The van der Waals surface area contributed by atoms with Gasteiger partial charge in [-0.2, -0.15) is 0 Å². The van der Waals surface area contributed by atoms with E-state index in [1.807, 2.05) is 48.3 Å². The maximum Gasteiger partial charge on any atom is 0.176 e. The molecule has 2 aromatic rings. The van der Waals surface area contributed by atoms with Crippen molar-refractivity contribution in [3.63, 3.8) is 0 Å². The third-order valence-electron chi connectivity index (χ3n) is 1.73. The van der Waals surface area contributed by atoms with Crippen molar-refractivity contribution in [1.29, 1.82) is 0 Å². The van der Waals surface area contributed by atoms with Crippen molar-refractivity contribution >= 4 is 10.8 Å². The molecule has 1 aromatic carbocycles. The zero-order chi connectivity index (χ0) is 8.55. The summed E-state index contributed by atoms with van der Waals surface area (Å²) in [5.74, 6) is 0. The van der Waals surface area contributed by atoms with E-state index >= 15 is 0 Å². The number of rotatable bonds is 0. The first kappa shape index (κ1) is 5.30. The van der Waals surface area contributed by atoms with Gasteiger partial charge in [-0.05, 0) is 11.5 Å². The van der Waals surface area contributed by atoms with E-state index in [0.717, 1.165) is 10.8 Å². The average molecular weight is 145 g/mol. The first-order valence-corrected chi connectivity index (χ1v) is 3.62. The molecule has 1 heterocycles. The van der Waals surface area contributed by atoms with E-state index in [2.05, 4.69) is 0 Å². The summed E-state index contributed by atoms with van der Waals surface area (Å²) < 4.78 is 9.59. The number of nitrogens with zero attached hydrogens (tertiary/aromatic N) is 1. The van der Waals surface area contributed by atoms with Crippen LogP contribution in [0.3, 0.4) is 0 Å². The molecule has 0 aliphatic rings. The van der Waals surface area contributed by atoms with Gasteiger partial charge < -0.3 is 0 Å². The van der Waals surface area contributed by atoms with Crippen LogP contribution in [0, 0.1) is 0 Å². The third-order valence-corrected chi connectivity index (χ3v) is 1.73. The molecule has 0 unspecified atom stereocenters. The average Bonchev–Trinajstić information content (AvgIpc) is 2.04. The lowest BCUT2D eigenvalue weighted by Gasteiger charge is -1.92. The lowest BCUT2D eigenvalue weighted by atomic mass is 10.2. The number of aromatic nitrogens is 1. The van der Waals surface area contributed by atoms with Crippen LogP contribution in [0.1, 0.15) is 1.37 Å². The molecule has 0 N–H and O–H groups in total. The van der Waals surface area contributed by atoms with Crippen molar-refractivity contribution in [2.24, 2.45) is 7.05 Å². The highest BCUT2D eigenvalue weighted by Gasteiger charge is 1.94. The van der Waals surface area contributed by atoms with Crippen LogP contribution >= 0.6 is 0 Å². The second-order valence-electron chi connectivity index (χ2n) is 2.66. The minimum absolute atomic E-state index is 0.579. The fraction of sp³-hybridized carbons (Fsp3) is 0.100. The van der Waals surface area contributed by atoms with Crippen molar-refractivity contribution in [3.8, 4) is 0 Å².